The number of fused-ring (bicyclic) bond motifs is 1. The average molecular weight is 970 g/mol. The zero-order valence-corrected chi connectivity index (χ0v) is 39.2. The van der Waals surface area contributed by atoms with Gasteiger partial charge in [0.1, 0.15) is 48.8 Å². The van der Waals surface area contributed by atoms with Gasteiger partial charge in [-0.2, -0.15) is 0 Å². The van der Waals surface area contributed by atoms with E-state index in [0.29, 0.717) is 5.56 Å². The van der Waals surface area contributed by atoms with Crippen molar-refractivity contribution in [3.05, 3.63) is 219 Å². The molecular weight excluding hydrogens is 911 g/mol. The average Bonchev–Trinajstić information content (AvgIpc) is 3.42. The molecule has 0 aliphatic carbocycles. The summed E-state index contributed by atoms with van der Waals surface area (Å²) in [6.45, 7) is 0.916. The van der Waals surface area contributed by atoms with E-state index in [1.807, 2.05) is 152 Å². The van der Waals surface area contributed by atoms with E-state index in [4.69, 9.17) is 52.1 Å². The van der Waals surface area contributed by atoms with Crippen molar-refractivity contribution in [3.8, 4) is 0 Å². The van der Waals surface area contributed by atoms with Crippen molar-refractivity contribution < 1.29 is 62.1 Å². The van der Waals surface area contributed by atoms with E-state index in [1.165, 1.54) is 6.07 Å². The van der Waals surface area contributed by atoms with Crippen LogP contribution in [0.2, 0.25) is 0 Å². The minimum Gasteiger partial charge on any atom is -0.385 e. The minimum absolute atomic E-state index is 0.000730. The Balaban J connectivity index is 0.983. The summed E-state index contributed by atoms with van der Waals surface area (Å²) in [4.78, 5) is 11.3. The van der Waals surface area contributed by atoms with Crippen LogP contribution < -0.4 is 0 Å². The van der Waals surface area contributed by atoms with E-state index in [1.54, 1.807) is 18.2 Å². The van der Waals surface area contributed by atoms with Crippen molar-refractivity contribution >= 4 is 5.69 Å². The smallest absolute Gasteiger partial charge is 0.274 e. The molecule has 6 aromatic carbocycles. The second-order valence-corrected chi connectivity index (χ2v) is 17.4. The molecule has 15 nitrogen and oxygen atoms in total. The minimum atomic E-state index is -1.31. The van der Waals surface area contributed by atoms with E-state index >= 15 is 0 Å². The van der Waals surface area contributed by atoms with Crippen LogP contribution in [-0.4, -0.2) is 97.9 Å². The Bertz CT molecular complexity index is 2490. The fraction of sp³-hybridized carbons (Fsp3) is 0.357. The number of ether oxygens (including phenoxy) is 11. The Morgan fingerprint density at radius 2 is 1.01 bits per heavy atom. The number of nitrogens with zero attached hydrogens (tertiary/aromatic N) is 1. The van der Waals surface area contributed by atoms with Crippen LogP contribution in [0.15, 0.2) is 176 Å². The molecule has 0 unspecified atom stereocenters. The van der Waals surface area contributed by atoms with Crippen LogP contribution in [-0.2, 0) is 85.1 Å². The molecule has 0 radical (unpaired) electrons. The molecule has 372 valence electrons. The lowest BCUT2D eigenvalue weighted by atomic mass is 9.96. The van der Waals surface area contributed by atoms with Crippen molar-refractivity contribution in [2.45, 2.75) is 101 Å². The SMILES string of the molecule is O=[N+]([O-])c1ccccc1COCCO[C@@H]1O[C@H](CO[C@H]2O[C@@H]3CO[C@@H](c4ccccc4)O[C@H]3[C@H](OCc3ccccc3)[C@@H]2O)[C@@H](OCc2ccccc2)[C@H](OCc2ccccc2)[C@H]1OCc1ccccc1. The molecule has 0 saturated carbocycles. The number of hydrogen-bond donors (Lipinski definition) is 1. The van der Waals surface area contributed by atoms with E-state index in [-0.39, 0.29) is 65.1 Å². The first-order valence-corrected chi connectivity index (χ1v) is 23.9. The normalized spacial score (nSPS) is 26.4. The predicted octanol–water partition coefficient (Wildman–Crippen LogP) is 8.41. The standard InChI is InChI=1S/C56H59NO14/c58-48-51(64-33-40-20-8-2-9-21-40)50-47(38-67-54(71-50)43-26-14-5-15-27-43)69-55(48)68-37-46-49(63-32-39-18-6-1-7-19-39)52(65-34-41-22-10-3-11-23-41)53(66-35-42-24-12-4-13-25-42)56(70-46)62-31-30-61-36-44-28-16-17-29-45(44)57(59)60/h1-29,46-56,58H,30-38H2/t46-,47-,48+,49-,50-,51-,52+,53-,54-,55+,56-/m1/s1. The third-order valence-corrected chi connectivity index (χ3v) is 12.5. The van der Waals surface area contributed by atoms with Crippen LogP contribution in [0.4, 0.5) is 5.69 Å². The Morgan fingerprint density at radius 3 is 1.59 bits per heavy atom. The van der Waals surface area contributed by atoms with E-state index in [9.17, 15) is 15.2 Å². The van der Waals surface area contributed by atoms with Crippen molar-refractivity contribution in [2.75, 3.05) is 26.4 Å². The van der Waals surface area contributed by atoms with Gasteiger partial charge in [-0.05, 0) is 28.3 Å². The maximum absolute atomic E-state index is 12.2. The largest absolute Gasteiger partial charge is 0.385 e. The fourth-order valence-electron chi connectivity index (χ4n) is 8.86. The van der Waals surface area contributed by atoms with E-state index in [0.717, 1.165) is 27.8 Å². The van der Waals surface area contributed by atoms with Crippen molar-refractivity contribution in [3.63, 3.8) is 0 Å². The lowest BCUT2D eigenvalue weighted by Gasteiger charge is -2.49. The third kappa shape index (κ3) is 13.6. The van der Waals surface area contributed by atoms with Crippen LogP contribution in [0.25, 0.3) is 0 Å². The molecular formula is C56H59NO14. The summed E-state index contributed by atoms with van der Waals surface area (Å²) in [5, 5.41) is 23.9. The summed E-state index contributed by atoms with van der Waals surface area (Å²) in [6, 6.07) is 55.1. The summed E-state index contributed by atoms with van der Waals surface area (Å²) in [6.07, 6.45) is -9.87. The van der Waals surface area contributed by atoms with Crippen molar-refractivity contribution in [1.82, 2.24) is 0 Å². The second kappa shape index (κ2) is 25.6. The highest BCUT2D eigenvalue weighted by Gasteiger charge is 2.53. The molecule has 11 atom stereocenters. The lowest BCUT2D eigenvalue weighted by molar-refractivity contribution is -0.386. The molecule has 3 aliphatic rings. The predicted molar refractivity (Wildman–Crippen MR) is 258 cm³/mol. The molecule has 0 amide bonds. The molecule has 1 N–H and O–H groups in total. The van der Waals surface area contributed by atoms with Gasteiger partial charge in [0.05, 0.1) is 69.9 Å². The number of nitro benzene ring substituents is 1. The first-order valence-electron chi connectivity index (χ1n) is 23.9. The number of nitro groups is 1. The third-order valence-electron chi connectivity index (χ3n) is 12.5. The maximum Gasteiger partial charge on any atom is 0.274 e. The van der Waals surface area contributed by atoms with Crippen LogP contribution in [0, 0.1) is 10.1 Å². The zero-order chi connectivity index (χ0) is 48.6. The van der Waals surface area contributed by atoms with Gasteiger partial charge in [0.25, 0.3) is 5.69 Å². The Morgan fingerprint density at radius 1 is 0.507 bits per heavy atom. The molecule has 9 rings (SSSR count). The number of para-hydroxylation sites is 1. The number of rotatable bonds is 23. The number of benzene rings is 6. The molecule has 0 aromatic heterocycles. The number of aliphatic hydroxyl groups excluding tert-OH is 1. The number of aliphatic hydroxyl groups is 1. The number of hydrogen-bond acceptors (Lipinski definition) is 14. The van der Waals surface area contributed by atoms with Gasteiger partial charge in [-0.15, -0.1) is 0 Å². The molecule has 3 heterocycles. The molecule has 71 heavy (non-hydrogen) atoms. The Hall–Kier alpha value is -5.76. The second-order valence-electron chi connectivity index (χ2n) is 17.4. The van der Waals surface area contributed by atoms with Crippen molar-refractivity contribution in [1.29, 1.82) is 0 Å². The van der Waals surface area contributed by atoms with Gasteiger partial charge in [-0.25, -0.2) is 0 Å². The first kappa shape index (κ1) is 50.2. The van der Waals surface area contributed by atoms with Gasteiger partial charge in [0, 0.05) is 11.6 Å². The molecule has 6 aromatic rings. The highest BCUT2D eigenvalue weighted by atomic mass is 16.8. The highest BCUT2D eigenvalue weighted by molar-refractivity contribution is 5.39. The summed E-state index contributed by atoms with van der Waals surface area (Å²) < 4.78 is 72.1. The highest BCUT2D eigenvalue weighted by Crippen LogP contribution is 2.37. The maximum atomic E-state index is 12.2. The van der Waals surface area contributed by atoms with Crippen LogP contribution in [0.3, 0.4) is 0 Å². The monoisotopic (exact) mass is 969 g/mol. The van der Waals surface area contributed by atoms with E-state index in [2.05, 4.69) is 0 Å². The van der Waals surface area contributed by atoms with Gasteiger partial charge in [-0.3, -0.25) is 10.1 Å². The van der Waals surface area contributed by atoms with Crippen molar-refractivity contribution in [2.24, 2.45) is 0 Å². The Kier molecular flexibility index (Phi) is 18.1. The molecule has 3 aliphatic heterocycles. The first-order chi connectivity index (χ1) is 35.0. The molecule has 3 fully saturated rings. The molecule has 15 heteroatoms. The zero-order valence-electron chi connectivity index (χ0n) is 39.2. The summed E-state index contributed by atoms with van der Waals surface area (Å²) in [5.74, 6) is 0. The van der Waals surface area contributed by atoms with Crippen LogP contribution in [0.1, 0.15) is 39.7 Å². The quantitative estimate of drug-likeness (QED) is 0.0370. The lowest BCUT2D eigenvalue weighted by Crippen LogP contribution is -2.64. The molecule has 0 bridgehead atoms. The summed E-state index contributed by atoms with van der Waals surface area (Å²) >= 11 is 0. The van der Waals surface area contributed by atoms with Gasteiger partial charge in [0.15, 0.2) is 18.9 Å². The topological polar surface area (TPSA) is 165 Å². The Labute approximate surface area is 413 Å². The van der Waals surface area contributed by atoms with Gasteiger partial charge in [0.2, 0.25) is 0 Å². The molecule has 3 saturated heterocycles. The fourth-order valence-corrected chi connectivity index (χ4v) is 8.86. The van der Waals surface area contributed by atoms with Gasteiger partial charge < -0.3 is 57.2 Å². The summed E-state index contributed by atoms with van der Waals surface area (Å²) in [5.41, 5.74) is 4.93. The molecule has 0 spiro atoms. The van der Waals surface area contributed by atoms with Crippen LogP contribution in [0.5, 0.6) is 0 Å². The summed E-state index contributed by atoms with van der Waals surface area (Å²) in [7, 11) is 0. The van der Waals surface area contributed by atoms with Gasteiger partial charge >= 0.3 is 0 Å². The van der Waals surface area contributed by atoms with Crippen LogP contribution >= 0.6 is 0 Å². The van der Waals surface area contributed by atoms with Gasteiger partial charge in [-0.1, -0.05) is 164 Å². The van der Waals surface area contributed by atoms with E-state index < -0.39 is 72.6 Å².